The minimum absolute atomic E-state index is 0. The van der Waals surface area contributed by atoms with Gasteiger partial charge in [-0.15, -0.1) is 0 Å². The molecule has 2 heterocycles. The van der Waals surface area contributed by atoms with Crippen LogP contribution < -0.4 is 0 Å². The quantitative estimate of drug-likeness (QED) is 0.152. The van der Waals surface area contributed by atoms with Crippen LogP contribution >= 0.6 is 0 Å². The third-order valence-electron chi connectivity index (χ3n) is 7.17. The third kappa shape index (κ3) is 7.34. The lowest BCUT2D eigenvalue weighted by atomic mass is 10.1. The maximum Gasteiger partial charge on any atom is 0.230 e. The Hall–Kier alpha value is -6.68. The third-order valence-corrected chi connectivity index (χ3v) is 7.17. The number of carbonyl (C=O) groups excluding carboxylic acids is 4. The first-order valence-electron chi connectivity index (χ1n) is 14.9. The van der Waals surface area contributed by atoms with Crippen LogP contribution in [-0.2, 0) is 0 Å². The molecule has 0 aliphatic carbocycles. The van der Waals surface area contributed by atoms with Crippen LogP contribution in [0.25, 0.3) is 5.57 Å². The standard InChI is InChI=1S/C38H26N6O4.CH4/c1-23(2)28(33-39-35(29(45)24-15-7-3-8-16-24)43-36(40-33)30(46)25-17-9-4-10-18-25)34-41-37(31(47)26-19-11-5-12-20-26)44-38(42-34)32(48)27-21-13-6-14-22-27;/h3-22H,1-2H3;1H4. The Balaban J connectivity index is 0.00000468. The lowest BCUT2D eigenvalue weighted by Gasteiger charge is -2.12. The van der Waals surface area contributed by atoms with Crippen LogP contribution in [0.15, 0.2) is 127 Å². The van der Waals surface area contributed by atoms with E-state index in [2.05, 4.69) is 29.9 Å². The summed E-state index contributed by atoms with van der Waals surface area (Å²) < 4.78 is 0. The Labute approximate surface area is 282 Å². The number of rotatable bonds is 10. The van der Waals surface area contributed by atoms with Gasteiger partial charge in [0.05, 0.1) is 5.57 Å². The van der Waals surface area contributed by atoms with Crippen molar-refractivity contribution < 1.29 is 19.2 Å². The van der Waals surface area contributed by atoms with Crippen molar-refractivity contribution in [2.45, 2.75) is 21.3 Å². The second kappa shape index (κ2) is 14.8. The second-order valence-corrected chi connectivity index (χ2v) is 10.8. The van der Waals surface area contributed by atoms with Crippen molar-refractivity contribution in [2.24, 2.45) is 0 Å². The van der Waals surface area contributed by atoms with E-state index in [0.717, 1.165) is 0 Å². The molecule has 0 amide bonds. The van der Waals surface area contributed by atoms with Crippen molar-refractivity contribution in [2.75, 3.05) is 0 Å². The fourth-order valence-electron chi connectivity index (χ4n) is 4.80. The van der Waals surface area contributed by atoms with Gasteiger partial charge in [-0.3, -0.25) is 19.2 Å². The molecule has 0 saturated heterocycles. The Morgan fingerprint density at radius 2 is 0.551 bits per heavy atom. The number of allylic oxidation sites excluding steroid dienone is 1. The number of benzene rings is 4. The molecule has 6 aromatic rings. The van der Waals surface area contributed by atoms with E-state index in [1.54, 1.807) is 135 Å². The summed E-state index contributed by atoms with van der Waals surface area (Å²) in [6.45, 7) is 3.47. The largest absolute Gasteiger partial charge is 0.285 e. The van der Waals surface area contributed by atoms with Gasteiger partial charge in [-0.25, -0.2) is 29.9 Å². The van der Waals surface area contributed by atoms with Crippen LogP contribution in [0.2, 0.25) is 0 Å². The molecule has 10 heteroatoms. The van der Waals surface area contributed by atoms with Gasteiger partial charge in [-0.2, -0.15) is 0 Å². The Kier molecular flexibility index (Phi) is 10.2. The summed E-state index contributed by atoms with van der Waals surface area (Å²) >= 11 is 0. The van der Waals surface area contributed by atoms with Crippen LogP contribution in [0.3, 0.4) is 0 Å². The smallest absolute Gasteiger partial charge is 0.230 e. The molecule has 240 valence electrons. The zero-order valence-corrected chi connectivity index (χ0v) is 25.9. The summed E-state index contributed by atoms with van der Waals surface area (Å²) in [6.07, 6.45) is 0. The molecule has 0 spiro atoms. The predicted octanol–water partition coefficient (Wildman–Crippen LogP) is 6.46. The van der Waals surface area contributed by atoms with Crippen LogP contribution in [0.1, 0.15) is 97.7 Å². The van der Waals surface area contributed by atoms with E-state index in [9.17, 15) is 19.2 Å². The van der Waals surface area contributed by atoms with Gasteiger partial charge in [0, 0.05) is 22.3 Å². The van der Waals surface area contributed by atoms with Crippen molar-refractivity contribution in [3.63, 3.8) is 0 Å². The summed E-state index contributed by atoms with van der Waals surface area (Å²) in [6, 6.07) is 33.6. The van der Waals surface area contributed by atoms with Gasteiger partial charge in [0.2, 0.25) is 46.4 Å². The SMILES string of the molecule is C.CC(C)=C(c1nc(C(=O)c2ccccc2)nc(C(=O)c2ccccc2)n1)c1nc(C(=O)c2ccccc2)nc(C(=O)c2ccccc2)n1. The Bertz CT molecular complexity index is 1910. The summed E-state index contributed by atoms with van der Waals surface area (Å²) in [5.41, 5.74) is 1.97. The second-order valence-electron chi connectivity index (χ2n) is 10.8. The van der Waals surface area contributed by atoms with E-state index in [0.29, 0.717) is 27.8 Å². The number of hydrogen-bond donors (Lipinski definition) is 0. The number of ketones is 4. The molecule has 0 aliphatic heterocycles. The van der Waals surface area contributed by atoms with Gasteiger partial charge < -0.3 is 0 Å². The molecule has 0 saturated carbocycles. The molecule has 0 unspecified atom stereocenters. The highest BCUT2D eigenvalue weighted by Gasteiger charge is 2.27. The summed E-state index contributed by atoms with van der Waals surface area (Å²) in [7, 11) is 0. The minimum atomic E-state index is -0.537. The van der Waals surface area contributed by atoms with E-state index in [1.165, 1.54) is 0 Å². The topological polar surface area (TPSA) is 146 Å². The summed E-state index contributed by atoms with van der Waals surface area (Å²) in [5, 5.41) is 0. The van der Waals surface area contributed by atoms with Gasteiger partial charge in [0.25, 0.3) is 0 Å². The molecule has 2 aromatic heterocycles. The molecule has 4 aromatic carbocycles. The van der Waals surface area contributed by atoms with E-state index < -0.39 is 23.1 Å². The van der Waals surface area contributed by atoms with Crippen molar-refractivity contribution in [3.8, 4) is 0 Å². The van der Waals surface area contributed by atoms with E-state index in [-0.39, 0.29) is 47.9 Å². The molecule has 0 radical (unpaired) electrons. The van der Waals surface area contributed by atoms with E-state index in [1.807, 2.05) is 0 Å². The number of hydrogen-bond acceptors (Lipinski definition) is 10. The van der Waals surface area contributed by atoms with Gasteiger partial charge in [-0.1, -0.05) is 134 Å². The van der Waals surface area contributed by atoms with E-state index in [4.69, 9.17) is 0 Å². The minimum Gasteiger partial charge on any atom is -0.285 e. The Morgan fingerprint density at radius 1 is 0.347 bits per heavy atom. The fraction of sp³-hybridized carbons (Fsp3) is 0.0769. The summed E-state index contributed by atoms with van der Waals surface area (Å²) in [5.74, 6) is -3.44. The zero-order valence-electron chi connectivity index (χ0n) is 25.9. The van der Waals surface area contributed by atoms with Gasteiger partial charge in [0.15, 0.2) is 11.6 Å². The molecule has 49 heavy (non-hydrogen) atoms. The first-order valence-corrected chi connectivity index (χ1v) is 14.9. The molecule has 0 fully saturated rings. The highest BCUT2D eigenvalue weighted by atomic mass is 16.1. The highest BCUT2D eigenvalue weighted by molar-refractivity contribution is 6.11. The average molecular weight is 647 g/mol. The Morgan fingerprint density at radius 3 is 0.755 bits per heavy atom. The molecule has 0 N–H and O–H groups in total. The van der Waals surface area contributed by atoms with Crippen molar-refractivity contribution in [1.82, 2.24) is 29.9 Å². The van der Waals surface area contributed by atoms with Crippen molar-refractivity contribution >= 4 is 28.7 Å². The first-order chi connectivity index (χ1) is 23.3. The fourth-order valence-corrected chi connectivity index (χ4v) is 4.80. The number of aromatic nitrogens is 6. The zero-order chi connectivity index (χ0) is 33.6. The van der Waals surface area contributed by atoms with Gasteiger partial charge in [-0.05, 0) is 13.8 Å². The monoisotopic (exact) mass is 646 g/mol. The molecule has 10 nitrogen and oxygen atoms in total. The molecule has 6 rings (SSSR count). The molecular formula is C39H30N6O4. The normalized spacial score (nSPS) is 10.4. The molecule has 0 bridgehead atoms. The average Bonchev–Trinajstić information content (AvgIpc) is 3.14. The highest BCUT2D eigenvalue weighted by Crippen LogP contribution is 2.24. The summed E-state index contributed by atoms with van der Waals surface area (Å²) in [4.78, 5) is 81.1. The lowest BCUT2D eigenvalue weighted by molar-refractivity contribution is 0.100. The van der Waals surface area contributed by atoms with Crippen LogP contribution in [-0.4, -0.2) is 53.0 Å². The van der Waals surface area contributed by atoms with Crippen LogP contribution in [0.5, 0.6) is 0 Å². The van der Waals surface area contributed by atoms with E-state index >= 15 is 0 Å². The first kappa shape index (κ1) is 33.7. The van der Waals surface area contributed by atoms with Gasteiger partial charge >= 0.3 is 0 Å². The molecule has 0 atom stereocenters. The molecule has 0 aliphatic rings. The maximum atomic E-state index is 13.6. The predicted molar refractivity (Wildman–Crippen MR) is 183 cm³/mol. The van der Waals surface area contributed by atoms with Crippen LogP contribution in [0.4, 0.5) is 0 Å². The van der Waals surface area contributed by atoms with Gasteiger partial charge in [0.1, 0.15) is 0 Å². The maximum absolute atomic E-state index is 13.6. The lowest BCUT2D eigenvalue weighted by Crippen LogP contribution is -2.20. The van der Waals surface area contributed by atoms with Crippen LogP contribution in [0, 0.1) is 0 Å². The molecular weight excluding hydrogens is 616 g/mol. The number of nitrogens with zero attached hydrogens (tertiary/aromatic N) is 6. The van der Waals surface area contributed by atoms with Crippen molar-refractivity contribution in [3.05, 3.63) is 184 Å². The van der Waals surface area contributed by atoms with Crippen molar-refractivity contribution in [1.29, 1.82) is 0 Å². The number of carbonyl (C=O) groups is 4.